The van der Waals surface area contributed by atoms with Crippen LogP contribution < -0.4 is 4.74 Å². The molecule has 0 N–H and O–H groups in total. The van der Waals surface area contributed by atoms with E-state index < -0.39 is 41.4 Å². The van der Waals surface area contributed by atoms with Gasteiger partial charge in [0.1, 0.15) is 16.5 Å². The second-order valence-corrected chi connectivity index (χ2v) is 6.37. The number of aromatic nitrogens is 2. The maximum atomic E-state index is 14.4. The van der Waals surface area contributed by atoms with E-state index in [1.807, 2.05) is 0 Å². The summed E-state index contributed by atoms with van der Waals surface area (Å²) in [6.45, 7) is -0.222. The molecular weight excluding hydrogens is 440 g/mol. The lowest BCUT2D eigenvalue weighted by Crippen LogP contribution is -2.26. The van der Waals surface area contributed by atoms with Crippen LogP contribution in [0.15, 0.2) is 12.1 Å². The largest absolute Gasteiger partial charge is 0.463 e. The van der Waals surface area contributed by atoms with Crippen molar-refractivity contribution in [2.24, 2.45) is 7.05 Å². The summed E-state index contributed by atoms with van der Waals surface area (Å²) in [6, 6.07) is 1.79. The molecule has 12 heteroatoms. The van der Waals surface area contributed by atoms with Gasteiger partial charge >= 0.3 is 18.6 Å². The summed E-state index contributed by atoms with van der Waals surface area (Å²) in [5, 5.41) is 3.16. The predicted molar refractivity (Wildman–Crippen MR) is 96.8 cm³/mol. The van der Waals surface area contributed by atoms with Crippen LogP contribution in [-0.4, -0.2) is 41.0 Å². The van der Waals surface area contributed by atoms with Crippen LogP contribution in [-0.2, 0) is 21.3 Å². The van der Waals surface area contributed by atoms with E-state index in [0.717, 1.165) is 16.8 Å². The lowest BCUT2D eigenvalue weighted by Gasteiger charge is -2.13. The fourth-order valence-electron chi connectivity index (χ4n) is 2.29. The van der Waals surface area contributed by atoms with E-state index in [1.165, 1.54) is 14.0 Å². The predicted octanol–water partition coefficient (Wildman–Crippen LogP) is 4.24. The molecule has 0 radical (unpaired) electrons. The second-order valence-electron chi connectivity index (χ2n) is 5.58. The van der Waals surface area contributed by atoms with Crippen molar-refractivity contribution < 1.29 is 37.0 Å². The monoisotopic (exact) mass is 454 g/mol. The number of nitrogens with zero attached hydrogens (tertiary/aromatic N) is 2. The minimum absolute atomic E-state index is 0.0867. The Bertz CT molecular complexity index is 936. The van der Waals surface area contributed by atoms with Crippen molar-refractivity contribution in [3.05, 3.63) is 33.6 Å². The van der Waals surface area contributed by atoms with Crippen LogP contribution in [0.2, 0.25) is 10.0 Å². The molecule has 2 rings (SSSR count). The SMILES string of the molecule is CCOC(=O)C(C)OC(=O)c1cc(-c2nn(C)c(OC(F)F)c2Cl)c(F)cc1Cl. The van der Waals surface area contributed by atoms with Gasteiger partial charge in [0.15, 0.2) is 6.10 Å². The van der Waals surface area contributed by atoms with Gasteiger partial charge in [-0.1, -0.05) is 23.2 Å². The summed E-state index contributed by atoms with van der Waals surface area (Å²) in [6.07, 6.45) is -1.24. The molecule has 29 heavy (non-hydrogen) atoms. The zero-order valence-electron chi connectivity index (χ0n) is 15.3. The van der Waals surface area contributed by atoms with Gasteiger partial charge < -0.3 is 14.2 Å². The highest BCUT2D eigenvalue weighted by Gasteiger charge is 2.26. The molecule has 1 aromatic carbocycles. The summed E-state index contributed by atoms with van der Waals surface area (Å²) < 4.78 is 54.3. The molecule has 1 heterocycles. The Morgan fingerprint density at radius 3 is 2.52 bits per heavy atom. The number of halogens is 5. The molecule has 0 bridgehead atoms. The molecule has 7 nitrogen and oxygen atoms in total. The van der Waals surface area contributed by atoms with E-state index in [0.29, 0.717) is 0 Å². The fraction of sp³-hybridized carbons (Fsp3) is 0.353. The molecule has 0 amide bonds. The Morgan fingerprint density at radius 1 is 1.28 bits per heavy atom. The molecule has 2 aromatic rings. The van der Waals surface area contributed by atoms with Crippen molar-refractivity contribution in [2.45, 2.75) is 26.6 Å². The molecule has 0 saturated carbocycles. The van der Waals surface area contributed by atoms with E-state index >= 15 is 0 Å². The van der Waals surface area contributed by atoms with Crippen molar-refractivity contribution in [3.63, 3.8) is 0 Å². The smallest absolute Gasteiger partial charge is 0.388 e. The Hall–Kier alpha value is -2.46. The fourth-order valence-corrected chi connectivity index (χ4v) is 2.82. The van der Waals surface area contributed by atoms with Crippen LogP contribution >= 0.6 is 23.2 Å². The standard InChI is InChI=1S/C17H15Cl2F3N2O5/c1-4-27-15(25)7(2)28-16(26)8-5-9(11(20)6-10(8)18)13-12(19)14(24(3)23-13)29-17(21)22/h5-7,17H,4H2,1-3H3. The van der Waals surface area contributed by atoms with Crippen LogP contribution in [0.5, 0.6) is 5.88 Å². The van der Waals surface area contributed by atoms with E-state index in [4.69, 9.17) is 32.7 Å². The quantitative estimate of drug-likeness (QED) is 0.582. The summed E-state index contributed by atoms with van der Waals surface area (Å²) >= 11 is 11.9. The third-order valence-corrected chi connectivity index (χ3v) is 4.23. The van der Waals surface area contributed by atoms with Gasteiger partial charge in [-0.25, -0.2) is 18.7 Å². The van der Waals surface area contributed by atoms with Crippen LogP contribution in [0.1, 0.15) is 24.2 Å². The summed E-state index contributed by atoms with van der Waals surface area (Å²) in [5.74, 6) is -3.23. The number of alkyl halides is 2. The average Bonchev–Trinajstić information content (AvgIpc) is 2.89. The molecular formula is C17H15Cl2F3N2O5. The average molecular weight is 455 g/mol. The summed E-state index contributed by atoms with van der Waals surface area (Å²) in [7, 11) is 1.26. The third-order valence-electron chi connectivity index (χ3n) is 3.57. The first-order valence-corrected chi connectivity index (χ1v) is 8.86. The van der Waals surface area contributed by atoms with Gasteiger partial charge in [-0.15, -0.1) is 0 Å². The first kappa shape index (κ1) is 22.8. The van der Waals surface area contributed by atoms with Gasteiger partial charge in [0.25, 0.3) is 0 Å². The van der Waals surface area contributed by atoms with Crippen molar-refractivity contribution in [1.29, 1.82) is 0 Å². The number of carbonyl (C=O) groups is 2. The van der Waals surface area contributed by atoms with Gasteiger partial charge in [0.2, 0.25) is 5.88 Å². The highest BCUT2D eigenvalue weighted by Crippen LogP contribution is 2.38. The molecule has 1 atom stereocenters. The molecule has 1 unspecified atom stereocenters. The van der Waals surface area contributed by atoms with Crippen LogP contribution in [0.3, 0.4) is 0 Å². The van der Waals surface area contributed by atoms with Crippen LogP contribution in [0.4, 0.5) is 13.2 Å². The molecule has 158 valence electrons. The molecule has 0 spiro atoms. The Balaban J connectivity index is 2.42. The Morgan fingerprint density at radius 2 is 1.93 bits per heavy atom. The van der Waals surface area contributed by atoms with Gasteiger partial charge in [0, 0.05) is 12.6 Å². The third kappa shape index (κ3) is 5.13. The summed E-state index contributed by atoms with van der Waals surface area (Å²) in [4.78, 5) is 24.0. The number of hydrogen-bond donors (Lipinski definition) is 0. The van der Waals surface area contributed by atoms with Crippen LogP contribution in [0.25, 0.3) is 11.3 Å². The van der Waals surface area contributed by atoms with E-state index in [2.05, 4.69) is 9.84 Å². The topological polar surface area (TPSA) is 79.7 Å². The highest BCUT2D eigenvalue weighted by molar-refractivity contribution is 6.35. The number of benzene rings is 1. The zero-order valence-corrected chi connectivity index (χ0v) is 16.9. The highest BCUT2D eigenvalue weighted by atomic mass is 35.5. The second kappa shape index (κ2) is 9.36. The zero-order chi connectivity index (χ0) is 21.9. The Labute approximate surface area is 173 Å². The normalized spacial score (nSPS) is 12.0. The first-order valence-electron chi connectivity index (χ1n) is 8.11. The van der Waals surface area contributed by atoms with E-state index in [9.17, 15) is 22.8 Å². The molecule has 1 aromatic heterocycles. The number of esters is 2. The number of carbonyl (C=O) groups excluding carboxylic acids is 2. The number of aryl methyl sites for hydroxylation is 1. The molecule has 0 aliphatic rings. The maximum Gasteiger partial charge on any atom is 0.388 e. The molecule has 0 aliphatic carbocycles. The maximum absolute atomic E-state index is 14.4. The minimum atomic E-state index is -3.18. The lowest BCUT2D eigenvalue weighted by atomic mass is 10.1. The van der Waals surface area contributed by atoms with Crippen molar-refractivity contribution >= 4 is 35.1 Å². The van der Waals surface area contributed by atoms with Gasteiger partial charge in [0.05, 0.1) is 17.2 Å². The van der Waals surface area contributed by atoms with Gasteiger partial charge in [-0.2, -0.15) is 13.9 Å². The van der Waals surface area contributed by atoms with Crippen molar-refractivity contribution in [3.8, 4) is 17.1 Å². The summed E-state index contributed by atoms with van der Waals surface area (Å²) in [5.41, 5.74) is -0.862. The minimum Gasteiger partial charge on any atom is -0.463 e. The van der Waals surface area contributed by atoms with Crippen molar-refractivity contribution in [1.82, 2.24) is 9.78 Å². The van der Waals surface area contributed by atoms with E-state index in [-0.39, 0.29) is 28.5 Å². The van der Waals surface area contributed by atoms with Gasteiger partial charge in [-0.05, 0) is 26.0 Å². The lowest BCUT2D eigenvalue weighted by molar-refractivity contribution is -0.152. The van der Waals surface area contributed by atoms with Crippen LogP contribution in [0, 0.1) is 5.82 Å². The number of hydrogen-bond acceptors (Lipinski definition) is 6. The van der Waals surface area contributed by atoms with Crippen molar-refractivity contribution in [2.75, 3.05) is 6.61 Å². The van der Waals surface area contributed by atoms with Gasteiger partial charge in [-0.3, -0.25) is 0 Å². The Kier molecular flexibility index (Phi) is 7.37. The molecule has 0 saturated heterocycles. The molecule has 0 aliphatic heterocycles. The molecule has 0 fully saturated rings. The first-order chi connectivity index (χ1) is 13.6. The number of rotatable bonds is 7. The van der Waals surface area contributed by atoms with E-state index in [1.54, 1.807) is 6.92 Å². The number of ether oxygens (including phenoxy) is 3.